The molecule has 21 heavy (non-hydrogen) atoms. The Kier molecular flexibility index (Phi) is 4.96. The van der Waals surface area contributed by atoms with Gasteiger partial charge in [0.05, 0.1) is 0 Å². The monoisotopic (exact) mass is 328 g/mol. The summed E-state index contributed by atoms with van der Waals surface area (Å²) in [5.41, 5.74) is 1.03. The number of amides is 1. The maximum Gasteiger partial charge on any atom is 0.291 e. The topological polar surface area (TPSA) is 121 Å². The zero-order chi connectivity index (χ0) is 15.3. The van der Waals surface area contributed by atoms with E-state index in [1.54, 1.807) is 0 Å². The molecule has 0 unspecified atom stereocenters. The van der Waals surface area contributed by atoms with E-state index in [2.05, 4.69) is 15.5 Å². The fourth-order valence-corrected chi connectivity index (χ4v) is 3.00. The maximum atomic E-state index is 11.7. The number of benzene rings is 1. The molecule has 2 rings (SSSR count). The Balaban J connectivity index is 1.92. The third kappa shape index (κ3) is 4.29. The van der Waals surface area contributed by atoms with Crippen LogP contribution in [0.2, 0.25) is 0 Å². The van der Waals surface area contributed by atoms with E-state index in [4.69, 9.17) is 5.21 Å². The molecule has 2 aromatic rings. The number of nitrogens with zero attached hydrogens (tertiary/aromatic N) is 2. The number of carbonyl (C=O) groups is 1. The molecule has 112 valence electrons. The summed E-state index contributed by atoms with van der Waals surface area (Å²) in [7, 11) is -4.07. The van der Waals surface area contributed by atoms with E-state index in [0.29, 0.717) is 17.8 Å². The first-order valence-electron chi connectivity index (χ1n) is 5.84. The lowest BCUT2D eigenvalue weighted by atomic mass is 10.1. The third-order valence-electron chi connectivity index (χ3n) is 2.49. The average molecular weight is 328 g/mol. The lowest BCUT2D eigenvalue weighted by Crippen LogP contribution is -2.19. The Labute approximate surface area is 124 Å². The molecule has 1 amide bonds. The lowest BCUT2D eigenvalue weighted by molar-refractivity contribution is -0.116. The third-order valence-corrected chi connectivity index (χ3v) is 4.81. The van der Waals surface area contributed by atoms with Crippen molar-refractivity contribution in [3.8, 4) is 0 Å². The minimum absolute atomic E-state index is 0.0573. The number of aryl methyl sites for hydroxylation is 1. The predicted octanol–water partition coefficient (Wildman–Crippen LogP) is 0.777. The standard InChI is InChI=1S/C11H12N4O4S2/c16-9(7-6-8-4-2-1-3-5-8)12-10-13-14-11(20-10)21(18,19)15-17/h1-5,15,17H,6-7H2,(H,12,13,16). The molecule has 3 N–H and O–H groups in total. The number of nitrogens with one attached hydrogen (secondary N) is 2. The average Bonchev–Trinajstić information content (AvgIpc) is 2.95. The summed E-state index contributed by atoms with van der Waals surface area (Å²) in [6.45, 7) is 0. The van der Waals surface area contributed by atoms with Crippen molar-refractivity contribution < 1.29 is 18.4 Å². The molecule has 1 heterocycles. The van der Waals surface area contributed by atoms with Gasteiger partial charge in [0.15, 0.2) is 0 Å². The van der Waals surface area contributed by atoms with Gasteiger partial charge in [-0.15, -0.1) is 10.2 Å². The largest absolute Gasteiger partial charge is 0.302 e. The highest BCUT2D eigenvalue weighted by molar-refractivity contribution is 7.91. The van der Waals surface area contributed by atoms with E-state index in [0.717, 1.165) is 10.4 Å². The summed E-state index contributed by atoms with van der Waals surface area (Å²) < 4.78 is 22.1. The molecule has 0 bridgehead atoms. The van der Waals surface area contributed by atoms with Crippen LogP contribution in [0.5, 0.6) is 0 Å². The number of aromatic nitrogens is 2. The summed E-state index contributed by atoms with van der Waals surface area (Å²) in [6, 6.07) is 9.49. The molecule has 0 saturated carbocycles. The van der Waals surface area contributed by atoms with E-state index in [1.807, 2.05) is 30.3 Å². The second-order valence-electron chi connectivity index (χ2n) is 4.00. The van der Waals surface area contributed by atoms with Gasteiger partial charge < -0.3 is 10.5 Å². The van der Waals surface area contributed by atoms with Crippen LogP contribution in [0, 0.1) is 0 Å². The first kappa shape index (κ1) is 15.5. The van der Waals surface area contributed by atoms with E-state index >= 15 is 0 Å². The Bertz CT molecular complexity index is 715. The Morgan fingerprint density at radius 2 is 1.95 bits per heavy atom. The van der Waals surface area contributed by atoms with Gasteiger partial charge in [0.25, 0.3) is 14.4 Å². The fraction of sp³-hybridized carbons (Fsp3) is 0.182. The number of hydrogen-bond acceptors (Lipinski definition) is 7. The maximum absolute atomic E-state index is 11.7. The molecule has 0 radical (unpaired) electrons. The molecule has 0 saturated heterocycles. The lowest BCUT2D eigenvalue weighted by Gasteiger charge is -2.01. The molecule has 10 heteroatoms. The number of hydrogen-bond donors (Lipinski definition) is 3. The Morgan fingerprint density at radius 1 is 1.24 bits per heavy atom. The van der Waals surface area contributed by atoms with Gasteiger partial charge in [0, 0.05) is 6.42 Å². The highest BCUT2D eigenvalue weighted by atomic mass is 32.2. The highest BCUT2D eigenvalue weighted by Gasteiger charge is 2.19. The fourth-order valence-electron chi connectivity index (χ4n) is 1.49. The zero-order valence-electron chi connectivity index (χ0n) is 10.7. The summed E-state index contributed by atoms with van der Waals surface area (Å²) in [6.07, 6.45) is 0.804. The van der Waals surface area contributed by atoms with Crippen molar-refractivity contribution in [2.45, 2.75) is 17.2 Å². The van der Waals surface area contributed by atoms with Gasteiger partial charge in [-0.3, -0.25) is 4.79 Å². The Morgan fingerprint density at radius 3 is 2.62 bits per heavy atom. The first-order valence-corrected chi connectivity index (χ1v) is 8.14. The van der Waals surface area contributed by atoms with E-state index in [-0.39, 0.29) is 17.5 Å². The highest BCUT2D eigenvalue weighted by Crippen LogP contribution is 2.19. The van der Waals surface area contributed by atoms with Crippen molar-refractivity contribution in [3.05, 3.63) is 35.9 Å². The molecular formula is C11H12N4O4S2. The molecule has 0 aliphatic carbocycles. The second-order valence-corrected chi connectivity index (χ2v) is 6.81. The van der Waals surface area contributed by atoms with Crippen molar-refractivity contribution in [2.75, 3.05) is 5.32 Å². The number of carbonyl (C=O) groups excluding carboxylic acids is 1. The van der Waals surface area contributed by atoms with Crippen LogP contribution in [0.25, 0.3) is 0 Å². The van der Waals surface area contributed by atoms with Gasteiger partial charge >= 0.3 is 0 Å². The van der Waals surface area contributed by atoms with E-state index in [1.165, 1.54) is 0 Å². The molecule has 0 atom stereocenters. The van der Waals surface area contributed by atoms with Crippen LogP contribution >= 0.6 is 11.3 Å². The smallest absolute Gasteiger partial charge is 0.291 e. The summed E-state index contributed by atoms with van der Waals surface area (Å²) in [4.78, 5) is 12.9. The minimum atomic E-state index is -4.07. The van der Waals surface area contributed by atoms with Crippen molar-refractivity contribution in [3.63, 3.8) is 0 Å². The van der Waals surface area contributed by atoms with Crippen molar-refractivity contribution in [1.82, 2.24) is 15.1 Å². The molecule has 1 aromatic heterocycles. The van der Waals surface area contributed by atoms with Gasteiger partial charge in [-0.05, 0) is 12.0 Å². The van der Waals surface area contributed by atoms with Crippen LogP contribution < -0.4 is 10.2 Å². The molecule has 0 spiro atoms. The molecule has 1 aromatic carbocycles. The van der Waals surface area contributed by atoms with Crippen molar-refractivity contribution in [2.24, 2.45) is 0 Å². The van der Waals surface area contributed by atoms with E-state index < -0.39 is 14.4 Å². The van der Waals surface area contributed by atoms with Crippen LogP contribution in [0.1, 0.15) is 12.0 Å². The normalized spacial score (nSPS) is 11.3. The quantitative estimate of drug-likeness (QED) is 0.532. The molecule has 0 aliphatic heterocycles. The molecule has 0 fully saturated rings. The van der Waals surface area contributed by atoms with Crippen molar-refractivity contribution >= 4 is 32.4 Å². The van der Waals surface area contributed by atoms with Gasteiger partial charge in [-0.25, -0.2) is 8.42 Å². The summed E-state index contributed by atoms with van der Waals surface area (Å²) >= 11 is 0.650. The first-order chi connectivity index (χ1) is 10.0. The number of anilines is 1. The van der Waals surface area contributed by atoms with E-state index in [9.17, 15) is 13.2 Å². The van der Waals surface area contributed by atoms with Crippen LogP contribution in [-0.4, -0.2) is 29.7 Å². The van der Waals surface area contributed by atoms with Crippen LogP contribution in [0.15, 0.2) is 34.7 Å². The van der Waals surface area contributed by atoms with Gasteiger partial charge in [-0.2, -0.15) is 0 Å². The van der Waals surface area contributed by atoms with Gasteiger partial charge in [0.1, 0.15) is 0 Å². The zero-order valence-corrected chi connectivity index (χ0v) is 12.3. The molecule has 8 nitrogen and oxygen atoms in total. The Hall–Kier alpha value is -1.88. The number of rotatable bonds is 6. The van der Waals surface area contributed by atoms with Crippen LogP contribution in [0.4, 0.5) is 5.13 Å². The molecule has 0 aliphatic rings. The summed E-state index contributed by atoms with van der Waals surface area (Å²) in [5.74, 6) is -0.295. The van der Waals surface area contributed by atoms with Crippen LogP contribution in [0.3, 0.4) is 0 Å². The van der Waals surface area contributed by atoms with Crippen molar-refractivity contribution in [1.29, 1.82) is 0 Å². The molecular weight excluding hydrogens is 316 g/mol. The van der Waals surface area contributed by atoms with Gasteiger partial charge in [0.2, 0.25) is 11.0 Å². The minimum Gasteiger partial charge on any atom is -0.302 e. The summed E-state index contributed by atoms with van der Waals surface area (Å²) in [5, 5.41) is 17.9. The predicted molar refractivity (Wildman–Crippen MR) is 75.4 cm³/mol. The second kappa shape index (κ2) is 6.72. The van der Waals surface area contributed by atoms with Crippen LogP contribution in [-0.2, 0) is 21.2 Å². The SMILES string of the molecule is O=C(CCc1ccccc1)Nc1nnc(S(=O)(=O)NO)s1. The van der Waals surface area contributed by atoms with Gasteiger partial charge in [-0.1, -0.05) is 46.6 Å². The number of sulfonamides is 1.